The van der Waals surface area contributed by atoms with Gasteiger partial charge in [0.1, 0.15) is 18.1 Å². The Morgan fingerprint density at radius 3 is 2.71 bits per heavy atom. The molecular formula is C15H19NO5. The SMILES string of the molecule is CCOCCOc1cccc(/C=C(\NC(C)=O)C(=O)O)c1. The number of ether oxygens (including phenoxy) is 2. The van der Waals surface area contributed by atoms with E-state index in [0.717, 1.165) is 0 Å². The van der Waals surface area contributed by atoms with Crippen LogP contribution in [0.25, 0.3) is 6.08 Å². The van der Waals surface area contributed by atoms with E-state index in [1.165, 1.54) is 13.0 Å². The van der Waals surface area contributed by atoms with E-state index in [1.807, 2.05) is 6.92 Å². The Morgan fingerprint density at radius 2 is 2.10 bits per heavy atom. The number of nitrogens with one attached hydrogen (secondary N) is 1. The van der Waals surface area contributed by atoms with Crippen LogP contribution in [-0.2, 0) is 14.3 Å². The molecule has 1 aromatic carbocycles. The van der Waals surface area contributed by atoms with Gasteiger partial charge >= 0.3 is 5.97 Å². The van der Waals surface area contributed by atoms with Crippen molar-refractivity contribution in [1.82, 2.24) is 5.32 Å². The number of carboxylic acid groups (broad SMARTS) is 1. The third-order valence-electron chi connectivity index (χ3n) is 2.41. The highest BCUT2D eigenvalue weighted by molar-refractivity contribution is 5.96. The maximum absolute atomic E-state index is 11.0. The lowest BCUT2D eigenvalue weighted by molar-refractivity contribution is -0.134. The molecule has 0 radical (unpaired) electrons. The molecule has 21 heavy (non-hydrogen) atoms. The zero-order valence-corrected chi connectivity index (χ0v) is 12.1. The van der Waals surface area contributed by atoms with E-state index in [0.29, 0.717) is 31.1 Å². The number of hydrogen-bond acceptors (Lipinski definition) is 4. The fraction of sp³-hybridized carbons (Fsp3) is 0.333. The van der Waals surface area contributed by atoms with Gasteiger partial charge in [-0.2, -0.15) is 0 Å². The van der Waals surface area contributed by atoms with Gasteiger partial charge in [-0.3, -0.25) is 4.79 Å². The normalized spacial score (nSPS) is 11.0. The molecule has 1 rings (SSSR count). The first-order chi connectivity index (χ1) is 10.0. The molecule has 0 unspecified atom stereocenters. The summed E-state index contributed by atoms with van der Waals surface area (Å²) in [5.74, 6) is -1.03. The monoisotopic (exact) mass is 293 g/mol. The van der Waals surface area contributed by atoms with Crippen molar-refractivity contribution >= 4 is 18.0 Å². The maximum atomic E-state index is 11.0. The van der Waals surface area contributed by atoms with Crippen molar-refractivity contribution in [2.24, 2.45) is 0 Å². The van der Waals surface area contributed by atoms with E-state index in [9.17, 15) is 9.59 Å². The molecule has 0 saturated carbocycles. The second-order valence-electron chi connectivity index (χ2n) is 4.16. The highest BCUT2D eigenvalue weighted by Gasteiger charge is 2.09. The summed E-state index contributed by atoms with van der Waals surface area (Å²) in [4.78, 5) is 22.0. The third-order valence-corrected chi connectivity index (χ3v) is 2.41. The van der Waals surface area contributed by atoms with E-state index in [-0.39, 0.29) is 5.70 Å². The van der Waals surface area contributed by atoms with Gasteiger partial charge in [0, 0.05) is 13.5 Å². The van der Waals surface area contributed by atoms with Crippen molar-refractivity contribution in [1.29, 1.82) is 0 Å². The van der Waals surface area contributed by atoms with Crippen LogP contribution in [0.2, 0.25) is 0 Å². The molecule has 0 aliphatic carbocycles. The van der Waals surface area contributed by atoms with Crippen LogP contribution < -0.4 is 10.1 Å². The van der Waals surface area contributed by atoms with E-state index in [4.69, 9.17) is 14.6 Å². The van der Waals surface area contributed by atoms with Gasteiger partial charge in [-0.25, -0.2) is 4.79 Å². The average molecular weight is 293 g/mol. The van der Waals surface area contributed by atoms with Crippen LogP contribution in [0, 0.1) is 0 Å². The quantitative estimate of drug-likeness (QED) is 0.562. The molecule has 0 atom stereocenters. The van der Waals surface area contributed by atoms with Crippen molar-refractivity contribution in [3.63, 3.8) is 0 Å². The summed E-state index contributed by atoms with van der Waals surface area (Å²) >= 11 is 0. The summed E-state index contributed by atoms with van der Waals surface area (Å²) in [6, 6.07) is 6.92. The molecule has 0 aliphatic rings. The number of hydrogen-bond donors (Lipinski definition) is 2. The van der Waals surface area contributed by atoms with Gasteiger partial charge in [-0.15, -0.1) is 0 Å². The predicted molar refractivity (Wildman–Crippen MR) is 77.9 cm³/mol. The Balaban J connectivity index is 2.77. The minimum atomic E-state index is -1.20. The Morgan fingerprint density at radius 1 is 1.33 bits per heavy atom. The predicted octanol–water partition coefficient (Wildman–Crippen LogP) is 1.66. The molecule has 0 aromatic heterocycles. The fourth-order valence-electron chi connectivity index (χ4n) is 1.56. The molecule has 1 aromatic rings. The van der Waals surface area contributed by atoms with Gasteiger partial charge in [0.25, 0.3) is 0 Å². The van der Waals surface area contributed by atoms with Gasteiger partial charge in [-0.05, 0) is 30.7 Å². The Hall–Kier alpha value is -2.34. The summed E-state index contributed by atoms with van der Waals surface area (Å²) < 4.78 is 10.6. The lowest BCUT2D eigenvalue weighted by Gasteiger charge is -2.07. The molecule has 0 bridgehead atoms. The zero-order chi connectivity index (χ0) is 15.7. The molecule has 0 heterocycles. The second kappa shape index (κ2) is 8.76. The summed E-state index contributed by atoms with van der Waals surface area (Å²) in [7, 11) is 0. The topological polar surface area (TPSA) is 84.9 Å². The van der Waals surface area contributed by atoms with Crippen molar-refractivity contribution in [2.75, 3.05) is 19.8 Å². The molecule has 0 aliphatic heterocycles. The molecule has 0 fully saturated rings. The Labute approximate surface area is 123 Å². The number of carbonyl (C=O) groups is 2. The van der Waals surface area contributed by atoms with E-state index >= 15 is 0 Å². The lowest BCUT2D eigenvalue weighted by atomic mass is 10.2. The fourth-order valence-corrected chi connectivity index (χ4v) is 1.56. The number of aliphatic carboxylic acids is 1. The smallest absolute Gasteiger partial charge is 0.352 e. The van der Waals surface area contributed by atoms with Gasteiger partial charge in [-0.1, -0.05) is 12.1 Å². The van der Waals surface area contributed by atoms with Crippen molar-refractivity contribution < 1.29 is 24.2 Å². The summed E-state index contributed by atoms with van der Waals surface area (Å²) in [6.07, 6.45) is 1.37. The minimum absolute atomic E-state index is 0.186. The third kappa shape index (κ3) is 6.58. The number of benzene rings is 1. The van der Waals surface area contributed by atoms with E-state index < -0.39 is 11.9 Å². The van der Waals surface area contributed by atoms with Crippen LogP contribution in [-0.4, -0.2) is 36.8 Å². The number of carbonyl (C=O) groups excluding carboxylic acids is 1. The number of carboxylic acids is 1. The molecule has 0 spiro atoms. The average Bonchev–Trinajstić information content (AvgIpc) is 2.43. The molecule has 2 N–H and O–H groups in total. The molecule has 6 nitrogen and oxygen atoms in total. The van der Waals surface area contributed by atoms with Crippen LogP contribution in [0.5, 0.6) is 5.75 Å². The van der Waals surface area contributed by atoms with E-state index in [1.54, 1.807) is 24.3 Å². The highest BCUT2D eigenvalue weighted by atomic mass is 16.5. The molecule has 114 valence electrons. The second-order valence-corrected chi connectivity index (χ2v) is 4.16. The van der Waals surface area contributed by atoms with Gasteiger partial charge in [0.05, 0.1) is 6.61 Å². The van der Waals surface area contributed by atoms with E-state index in [2.05, 4.69) is 5.32 Å². The zero-order valence-electron chi connectivity index (χ0n) is 12.1. The maximum Gasteiger partial charge on any atom is 0.352 e. The Bertz CT molecular complexity index is 525. The molecule has 6 heteroatoms. The van der Waals surface area contributed by atoms with Crippen LogP contribution >= 0.6 is 0 Å². The first kappa shape index (κ1) is 16.7. The largest absolute Gasteiger partial charge is 0.491 e. The standard InChI is InChI=1S/C15H19NO5/c1-3-20-7-8-21-13-6-4-5-12(9-13)10-14(15(18)19)16-11(2)17/h4-6,9-10H,3,7-8H2,1-2H3,(H,16,17)(H,18,19)/b14-10-. The van der Waals surface area contributed by atoms with Crippen LogP contribution in [0.1, 0.15) is 19.4 Å². The van der Waals surface area contributed by atoms with Gasteiger partial charge < -0.3 is 19.9 Å². The first-order valence-corrected chi connectivity index (χ1v) is 6.56. The van der Waals surface area contributed by atoms with Gasteiger partial charge in [0.15, 0.2) is 0 Å². The van der Waals surface area contributed by atoms with Crippen molar-refractivity contribution in [2.45, 2.75) is 13.8 Å². The van der Waals surface area contributed by atoms with Gasteiger partial charge in [0.2, 0.25) is 5.91 Å². The summed E-state index contributed by atoms with van der Waals surface area (Å²) in [5.41, 5.74) is 0.434. The first-order valence-electron chi connectivity index (χ1n) is 6.56. The molecule has 0 saturated heterocycles. The highest BCUT2D eigenvalue weighted by Crippen LogP contribution is 2.15. The molecule has 1 amide bonds. The Kier molecular flexibility index (Phi) is 6.97. The number of rotatable bonds is 8. The summed E-state index contributed by atoms with van der Waals surface area (Å²) in [5, 5.41) is 11.3. The van der Waals surface area contributed by atoms with Crippen molar-refractivity contribution in [3.05, 3.63) is 35.5 Å². The molecular weight excluding hydrogens is 274 g/mol. The van der Waals surface area contributed by atoms with Crippen molar-refractivity contribution in [3.8, 4) is 5.75 Å². The van der Waals surface area contributed by atoms with Crippen LogP contribution in [0.4, 0.5) is 0 Å². The van der Waals surface area contributed by atoms with Crippen LogP contribution in [0.3, 0.4) is 0 Å². The number of amides is 1. The lowest BCUT2D eigenvalue weighted by Crippen LogP contribution is -2.24. The summed E-state index contributed by atoms with van der Waals surface area (Å²) in [6.45, 7) is 4.69. The van der Waals surface area contributed by atoms with Crippen LogP contribution in [0.15, 0.2) is 30.0 Å². The minimum Gasteiger partial charge on any atom is -0.491 e.